The van der Waals surface area contributed by atoms with Gasteiger partial charge in [0.25, 0.3) is 5.91 Å². The normalized spacial score (nSPS) is 17.5. The summed E-state index contributed by atoms with van der Waals surface area (Å²) in [7, 11) is 0. The molecule has 1 saturated carbocycles. The van der Waals surface area contributed by atoms with Crippen molar-refractivity contribution in [2.24, 2.45) is 0 Å². The summed E-state index contributed by atoms with van der Waals surface area (Å²) in [6.45, 7) is 0. The number of carbonyl (C=O) groups is 1. The maximum absolute atomic E-state index is 12.7. The van der Waals surface area contributed by atoms with Crippen molar-refractivity contribution in [3.05, 3.63) is 89.4 Å². The molecule has 0 bridgehead atoms. The maximum atomic E-state index is 12.7. The average molecular weight is 453 g/mol. The van der Waals surface area contributed by atoms with Gasteiger partial charge in [-0.2, -0.15) is 13.2 Å². The Morgan fingerprint density at radius 1 is 1.12 bits per heavy atom. The SMILES string of the molecule is O=C(NC1CCC/C(=C\c2cccc(Oc3ccc(C(F)(F)F)cn3)c2)C1)c1cccnc1. The van der Waals surface area contributed by atoms with Crippen molar-refractivity contribution in [2.75, 3.05) is 0 Å². The molecule has 1 aromatic carbocycles. The first-order chi connectivity index (χ1) is 15.9. The van der Waals surface area contributed by atoms with Gasteiger partial charge in [-0.1, -0.05) is 23.8 Å². The fourth-order valence-corrected chi connectivity index (χ4v) is 3.75. The van der Waals surface area contributed by atoms with Gasteiger partial charge >= 0.3 is 6.18 Å². The molecule has 0 spiro atoms. The molecule has 1 N–H and O–H groups in total. The summed E-state index contributed by atoms with van der Waals surface area (Å²) < 4.78 is 43.7. The zero-order chi connectivity index (χ0) is 23.3. The zero-order valence-corrected chi connectivity index (χ0v) is 17.7. The molecule has 1 fully saturated rings. The number of rotatable bonds is 5. The number of pyridine rings is 2. The van der Waals surface area contributed by atoms with E-state index < -0.39 is 11.7 Å². The van der Waals surface area contributed by atoms with Crippen molar-refractivity contribution >= 4 is 12.0 Å². The van der Waals surface area contributed by atoms with Crippen LogP contribution in [0.4, 0.5) is 13.2 Å². The van der Waals surface area contributed by atoms with Crippen LogP contribution < -0.4 is 10.1 Å². The molecule has 1 atom stereocenters. The topological polar surface area (TPSA) is 64.1 Å². The quantitative estimate of drug-likeness (QED) is 0.511. The smallest absolute Gasteiger partial charge is 0.417 e. The molecule has 3 aromatic rings. The van der Waals surface area contributed by atoms with Gasteiger partial charge in [0.05, 0.1) is 11.1 Å². The van der Waals surface area contributed by atoms with Crippen LogP contribution in [-0.4, -0.2) is 21.9 Å². The van der Waals surface area contributed by atoms with Crippen molar-refractivity contribution in [2.45, 2.75) is 37.9 Å². The Labute approximate surface area is 189 Å². The molecule has 2 heterocycles. The molecule has 1 aliphatic carbocycles. The molecular formula is C25H22F3N3O2. The lowest BCUT2D eigenvalue weighted by atomic mass is 9.89. The van der Waals surface area contributed by atoms with E-state index in [0.29, 0.717) is 11.3 Å². The van der Waals surface area contributed by atoms with Crippen LogP contribution in [0.5, 0.6) is 11.6 Å². The lowest BCUT2D eigenvalue weighted by Gasteiger charge is -2.25. The van der Waals surface area contributed by atoms with E-state index in [2.05, 4.69) is 21.4 Å². The molecule has 33 heavy (non-hydrogen) atoms. The average Bonchev–Trinajstić information content (AvgIpc) is 2.80. The van der Waals surface area contributed by atoms with E-state index in [0.717, 1.165) is 43.5 Å². The molecule has 2 aromatic heterocycles. The Morgan fingerprint density at radius 3 is 2.73 bits per heavy atom. The van der Waals surface area contributed by atoms with Gasteiger partial charge in [0.2, 0.25) is 5.88 Å². The van der Waals surface area contributed by atoms with Crippen LogP contribution in [0, 0.1) is 0 Å². The highest BCUT2D eigenvalue weighted by atomic mass is 19.4. The molecule has 0 radical (unpaired) electrons. The van der Waals surface area contributed by atoms with Crippen molar-refractivity contribution in [1.29, 1.82) is 0 Å². The van der Waals surface area contributed by atoms with Crippen molar-refractivity contribution in [1.82, 2.24) is 15.3 Å². The highest BCUT2D eigenvalue weighted by Crippen LogP contribution is 2.31. The third kappa shape index (κ3) is 6.19. The number of nitrogens with zero attached hydrogens (tertiary/aromatic N) is 2. The lowest BCUT2D eigenvalue weighted by molar-refractivity contribution is -0.137. The van der Waals surface area contributed by atoms with E-state index in [4.69, 9.17) is 4.74 Å². The molecule has 8 heteroatoms. The summed E-state index contributed by atoms with van der Waals surface area (Å²) in [6, 6.07) is 12.9. The first kappa shape index (κ1) is 22.5. The minimum absolute atomic E-state index is 0.0495. The van der Waals surface area contributed by atoms with E-state index in [1.807, 2.05) is 18.2 Å². The minimum Gasteiger partial charge on any atom is -0.439 e. The summed E-state index contributed by atoms with van der Waals surface area (Å²) in [5, 5.41) is 3.08. The minimum atomic E-state index is -4.44. The summed E-state index contributed by atoms with van der Waals surface area (Å²) in [5.74, 6) is 0.436. The van der Waals surface area contributed by atoms with Crippen LogP contribution in [0.2, 0.25) is 0 Å². The van der Waals surface area contributed by atoms with E-state index in [-0.39, 0.29) is 17.8 Å². The number of amides is 1. The lowest BCUT2D eigenvalue weighted by Crippen LogP contribution is -2.36. The van der Waals surface area contributed by atoms with Gasteiger partial charge in [0, 0.05) is 30.7 Å². The van der Waals surface area contributed by atoms with Gasteiger partial charge in [-0.15, -0.1) is 0 Å². The largest absolute Gasteiger partial charge is 0.439 e. The van der Waals surface area contributed by atoms with E-state index in [1.54, 1.807) is 30.6 Å². The predicted molar refractivity (Wildman–Crippen MR) is 118 cm³/mol. The van der Waals surface area contributed by atoms with Crippen LogP contribution >= 0.6 is 0 Å². The van der Waals surface area contributed by atoms with Crippen LogP contribution in [0.1, 0.15) is 47.2 Å². The molecule has 0 aliphatic heterocycles. The maximum Gasteiger partial charge on any atom is 0.417 e. The Balaban J connectivity index is 1.40. The Hall–Kier alpha value is -3.68. The van der Waals surface area contributed by atoms with E-state index in [9.17, 15) is 18.0 Å². The van der Waals surface area contributed by atoms with Crippen molar-refractivity contribution < 1.29 is 22.7 Å². The molecular weight excluding hydrogens is 431 g/mol. The van der Waals surface area contributed by atoms with Gasteiger partial charge in [-0.05, 0) is 61.6 Å². The molecule has 1 aliphatic rings. The highest BCUT2D eigenvalue weighted by Gasteiger charge is 2.30. The molecule has 1 unspecified atom stereocenters. The second-order valence-corrected chi connectivity index (χ2v) is 7.87. The van der Waals surface area contributed by atoms with Gasteiger partial charge in [-0.3, -0.25) is 9.78 Å². The first-order valence-electron chi connectivity index (χ1n) is 10.6. The van der Waals surface area contributed by atoms with Crippen molar-refractivity contribution in [3.8, 4) is 11.6 Å². The van der Waals surface area contributed by atoms with Crippen LogP contribution in [0.3, 0.4) is 0 Å². The number of nitrogens with one attached hydrogen (secondary N) is 1. The number of hydrogen-bond donors (Lipinski definition) is 1. The number of ether oxygens (including phenoxy) is 1. The predicted octanol–water partition coefficient (Wildman–Crippen LogP) is 6.04. The van der Waals surface area contributed by atoms with Crippen molar-refractivity contribution in [3.63, 3.8) is 0 Å². The number of benzene rings is 1. The molecule has 1 amide bonds. The summed E-state index contributed by atoms with van der Waals surface area (Å²) in [5.41, 5.74) is 1.84. The van der Waals surface area contributed by atoms with Crippen LogP contribution in [-0.2, 0) is 6.18 Å². The summed E-state index contributed by atoms with van der Waals surface area (Å²) >= 11 is 0. The van der Waals surface area contributed by atoms with E-state index >= 15 is 0 Å². The third-order valence-electron chi connectivity index (χ3n) is 5.33. The van der Waals surface area contributed by atoms with Crippen LogP contribution in [0.15, 0.2) is 72.7 Å². The first-order valence-corrected chi connectivity index (χ1v) is 10.6. The number of aromatic nitrogens is 2. The molecule has 170 valence electrons. The molecule has 5 nitrogen and oxygen atoms in total. The van der Waals surface area contributed by atoms with Gasteiger partial charge in [0.1, 0.15) is 5.75 Å². The third-order valence-corrected chi connectivity index (χ3v) is 5.33. The fourth-order valence-electron chi connectivity index (χ4n) is 3.75. The van der Waals surface area contributed by atoms with Gasteiger partial charge < -0.3 is 10.1 Å². The Bertz CT molecular complexity index is 1130. The van der Waals surface area contributed by atoms with E-state index in [1.165, 1.54) is 11.6 Å². The Kier molecular flexibility index (Phi) is 6.72. The molecule has 0 saturated heterocycles. The fraction of sp³-hybridized carbons (Fsp3) is 0.240. The summed E-state index contributed by atoms with van der Waals surface area (Å²) in [6.07, 6.45) is 5.12. The monoisotopic (exact) mass is 453 g/mol. The number of alkyl halides is 3. The van der Waals surface area contributed by atoms with Crippen LogP contribution in [0.25, 0.3) is 6.08 Å². The number of hydrogen-bond acceptors (Lipinski definition) is 4. The standard InChI is InChI=1S/C25H22F3N3O2/c26-25(27,28)20-9-10-23(30-16-20)33-22-8-2-5-18(14-22)12-17-4-1-7-21(13-17)31-24(32)19-6-3-11-29-15-19/h2-3,5-6,8-12,14-16,21H,1,4,7,13H2,(H,31,32)/b17-12+. The second-order valence-electron chi connectivity index (χ2n) is 7.87. The van der Waals surface area contributed by atoms with Gasteiger partial charge in [0.15, 0.2) is 0 Å². The van der Waals surface area contributed by atoms with Gasteiger partial charge in [-0.25, -0.2) is 4.98 Å². The Morgan fingerprint density at radius 2 is 2.00 bits per heavy atom. The number of halogens is 3. The number of carbonyl (C=O) groups excluding carboxylic acids is 1. The highest BCUT2D eigenvalue weighted by molar-refractivity contribution is 5.94. The zero-order valence-electron chi connectivity index (χ0n) is 17.7. The summed E-state index contributed by atoms with van der Waals surface area (Å²) in [4.78, 5) is 20.1. The molecule has 4 rings (SSSR count). The second kappa shape index (κ2) is 9.85.